The molecule has 0 atom stereocenters. The summed E-state index contributed by atoms with van der Waals surface area (Å²) in [6.45, 7) is 4.06. The number of imidazole rings is 1. The SMILES string of the molecule is CN=C(NCCCCn1ccnc1C)NC1CCCC1. The highest BCUT2D eigenvalue weighted by molar-refractivity contribution is 5.79. The number of nitrogens with one attached hydrogen (secondary N) is 2. The number of aryl methyl sites for hydroxylation is 2. The fourth-order valence-corrected chi connectivity index (χ4v) is 2.71. The molecule has 0 amide bonds. The van der Waals surface area contributed by atoms with Gasteiger partial charge in [0.15, 0.2) is 5.96 Å². The van der Waals surface area contributed by atoms with Gasteiger partial charge in [0, 0.05) is 38.6 Å². The van der Waals surface area contributed by atoms with E-state index in [1.165, 1.54) is 25.7 Å². The molecule has 1 aromatic rings. The predicted octanol–water partition coefficient (Wildman–Crippen LogP) is 2.08. The summed E-state index contributed by atoms with van der Waals surface area (Å²) in [5.74, 6) is 2.05. The first kappa shape index (κ1) is 14.9. The third kappa shape index (κ3) is 4.54. The van der Waals surface area contributed by atoms with Crippen LogP contribution < -0.4 is 10.6 Å². The molecule has 0 aromatic carbocycles. The first-order chi connectivity index (χ1) is 9.79. The fraction of sp³-hybridized carbons (Fsp3) is 0.733. The normalized spacial score (nSPS) is 16.6. The van der Waals surface area contributed by atoms with Crippen molar-refractivity contribution >= 4 is 5.96 Å². The maximum Gasteiger partial charge on any atom is 0.191 e. The lowest BCUT2D eigenvalue weighted by molar-refractivity contribution is 0.577. The van der Waals surface area contributed by atoms with Gasteiger partial charge in [0.05, 0.1) is 0 Å². The third-order valence-electron chi connectivity index (χ3n) is 3.96. The number of nitrogens with zero attached hydrogens (tertiary/aromatic N) is 3. The molecule has 0 saturated heterocycles. The third-order valence-corrected chi connectivity index (χ3v) is 3.96. The second kappa shape index (κ2) is 7.92. The van der Waals surface area contributed by atoms with Crippen molar-refractivity contribution in [2.24, 2.45) is 4.99 Å². The van der Waals surface area contributed by atoms with E-state index in [4.69, 9.17) is 0 Å². The van der Waals surface area contributed by atoms with Gasteiger partial charge in [-0.15, -0.1) is 0 Å². The zero-order valence-corrected chi connectivity index (χ0v) is 12.7. The van der Waals surface area contributed by atoms with Crippen molar-refractivity contribution < 1.29 is 0 Å². The van der Waals surface area contributed by atoms with Crippen LogP contribution in [0.1, 0.15) is 44.3 Å². The van der Waals surface area contributed by atoms with Gasteiger partial charge in [0.2, 0.25) is 0 Å². The smallest absolute Gasteiger partial charge is 0.191 e. The molecule has 1 aliphatic rings. The van der Waals surface area contributed by atoms with Crippen LogP contribution >= 0.6 is 0 Å². The van der Waals surface area contributed by atoms with Crippen molar-refractivity contribution in [1.82, 2.24) is 20.2 Å². The molecule has 0 aliphatic heterocycles. The Morgan fingerprint density at radius 2 is 2.20 bits per heavy atom. The van der Waals surface area contributed by atoms with Gasteiger partial charge in [0.25, 0.3) is 0 Å². The summed E-state index contributed by atoms with van der Waals surface area (Å²) in [5.41, 5.74) is 0. The minimum Gasteiger partial charge on any atom is -0.356 e. The lowest BCUT2D eigenvalue weighted by Gasteiger charge is -2.16. The summed E-state index contributed by atoms with van der Waals surface area (Å²) < 4.78 is 2.20. The monoisotopic (exact) mass is 277 g/mol. The van der Waals surface area contributed by atoms with E-state index >= 15 is 0 Å². The van der Waals surface area contributed by atoms with E-state index in [-0.39, 0.29) is 0 Å². The Kier molecular flexibility index (Phi) is 5.89. The van der Waals surface area contributed by atoms with E-state index in [1.54, 1.807) is 0 Å². The van der Waals surface area contributed by atoms with Gasteiger partial charge in [-0.05, 0) is 32.6 Å². The number of hydrogen-bond donors (Lipinski definition) is 2. The second-order valence-electron chi connectivity index (χ2n) is 5.50. The largest absolute Gasteiger partial charge is 0.356 e. The first-order valence-corrected chi connectivity index (χ1v) is 7.74. The maximum absolute atomic E-state index is 4.29. The predicted molar refractivity (Wildman–Crippen MR) is 83.0 cm³/mol. The highest BCUT2D eigenvalue weighted by Crippen LogP contribution is 2.17. The molecular formula is C15H27N5. The van der Waals surface area contributed by atoms with Gasteiger partial charge in [-0.1, -0.05) is 12.8 Å². The Labute approximate surface area is 121 Å². The molecule has 5 heteroatoms. The first-order valence-electron chi connectivity index (χ1n) is 7.74. The number of guanidine groups is 1. The topological polar surface area (TPSA) is 54.2 Å². The zero-order valence-electron chi connectivity index (χ0n) is 12.7. The van der Waals surface area contributed by atoms with E-state index in [0.717, 1.165) is 37.7 Å². The molecule has 1 aromatic heterocycles. The van der Waals surface area contributed by atoms with E-state index in [1.807, 2.05) is 26.4 Å². The van der Waals surface area contributed by atoms with Crippen molar-refractivity contribution in [2.75, 3.05) is 13.6 Å². The Hall–Kier alpha value is -1.52. The van der Waals surface area contributed by atoms with Crippen LogP contribution in [0, 0.1) is 6.92 Å². The van der Waals surface area contributed by atoms with Gasteiger partial charge in [-0.2, -0.15) is 0 Å². The standard InChI is InChI=1S/C15H27N5/c1-13-17-10-12-20(13)11-6-5-9-18-15(16-2)19-14-7-3-4-8-14/h10,12,14H,3-9,11H2,1-2H3,(H2,16,18,19). The fourth-order valence-electron chi connectivity index (χ4n) is 2.71. The maximum atomic E-state index is 4.29. The van der Waals surface area contributed by atoms with E-state index in [0.29, 0.717) is 6.04 Å². The van der Waals surface area contributed by atoms with Crippen LogP contribution in [-0.4, -0.2) is 35.1 Å². The molecule has 1 heterocycles. The van der Waals surface area contributed by atoms with Crippen molar-refractivity contribution in [1.29, 1.82) is 0 Å². The molecule has 20 heavy (non-hydrogen) atoms. The van der Waals surface area contributed by atoms with E-state index < -0.39 is 0 Å². The van der Waals surface area contributed by atoms with Crippen molar-refractivity contribution in [2.45, 2.75) is 58.0 Å². The van der Waals surface area contributed by atoms with Crippen LogP contribution in [0.5, 0.6) is 0 Å². The molecule has 1 aliphatic carbocycles. The quantitative estimate of drug-likeness (QED) is 0.475. The zero-order chi connectivity index (χ0) is 14.2. The van der Waals surface area contributed by atoms with Gasteiger partial charge < -0.3 is 15.2 Å². The van der Waals surface area contributed by atoms with Gasteiger partial charge in [-0.25, -0.2) is 4.98 Å². The lowest BCUT2D eigenvalue weighted by atomic mass is 10.2. The minimum absolute atomic E-state index is 0.620. The molecule has 0 radical (unpaired) electrons. The summed E-state index contributed by atoms with van der Waals surface area (Å²) in [6, 6.07) is 0.620. The molecule has 0 bridgehead atoms. The highest BCUT2D eigenvalue weighted by Gasteiger charge is 2.15. The Balaban J connectivity index is 1.58. The number of hydrogen-bond acceptors (Lipinski definition) is 2. The number of aromatic nitrogens is 2. The Morgan fingerprint density at radius 1 is 1.40 bits per heavy atom. The number of unbranched alkanes of at least 4 members (excludes halogenated alkanes) is 1. The summed E-state index contributed by atoms with van der Waals surface area (Å²) >= 11 is 0. The molecule has 0 unspecified atom stereocenters. The van der Waals surface area contributed by atoms with Crippen LogP contribution in [-0.2, 0) is 6.54 Å². The van der Waals surface area contributed by atoms with Crippen LogP contribution in [0.3, 0.4) is 0 Å². The number of rotatable bonds is 6. The molecule has 1 fully saturated rings. The van der Waals surface area contributed by atoms with Crippen LogP contribution in [0.2, 0.25) is 0 Å². The molecule has 112 valence electrons. The minimum atomic E-state index is 0.620. The van der Waals surface area contributed by atoms with Crippen molar-refractivity contribution in [3.8, 4) is 0 Å². The number of aliphatic imine (C=N–C) groups is 1. The summed E-state index contributed by atoms with van der Waals surface area (Å²) in [7, 11) is 1.85. The van der Waals surface area contributed by atoms with Gasteiger partial charge in [-0.3, -0.25) is 4.99 Å². The van der Waals surface area contributed by atoms with Crippen molar-refractivity contribution in [3.63, 3.8) is 0 Å². The van der Waals surface area contributed by atoms with Crippen LogP contribution in [0.25, 0.3) is 0 Å². The summed E-state index contributed by atoms with van der Waals surface area (Å²) in [5, 5.41) is 6.91. The molecule has 1 saturated carbocycles. The molecule has 5 nitrogen and oxygen atoms in total. The Morgan fingerprint density at radius 3 is 2.85 bits per heavy atom. The lowest BCUT2D eigenvalue weighted by Crippen LogP contribution is -2.42. The second-order valence-corrected chi connectivity index (χ2v) is 5.50. The van der Waals surface area contributed by atoms with Gasteiger partial charge in [0.1, 0.15) is 5.82 Å². The summed E-state index contributed by atoms with van der Waals surface area (Å²) in [6.07, 6.45) is 11.5. The molecule has 2 rings (SSSR count). The molecule has 0 spiro atoms. The van der Waals surface area contributed by atoms with Crippen LogP contribution in [0.15, 0.2) is 17.4 Å². The highest BCUT2D eigenvalue weighted by atomic mass is 15.2. The van der Waals surface area contributed by atoms with E-state index in [9.17, 15) is 0 Å². The van der Waals surface area contributed by atoms with Crippen LogP contribution in [0.4, 0.5) is 0 Å². The van der Waals surface area contributed by atoms with Gasteiger partial charge >= 0.3 is 0 Å². The average molecular weight is 277 g/mol. The van der Waals surface area contributed by atoms with Crippen molar-refractivity contribution in [3.05, 3.63) is 18.2 Å². The molecule has 2 N–H and O–H groups in total. The van der Waals surface area contributed by atoms with E-state index in [2.05, 4.69) is 25.2 Å². The Bertz CT molecular complexity index is 418. The average Bonchev–Trinajstić information content (AvgIpc) is 3.09. The summed E-state index contributed by atoms with van der Waals surface area (Å²) in [4.78, 5) is 8.52. The molecular weight excluding hydrogens is 250 g/mol.